The molecule has 4 heteroatoms. The van der Waals surface area contributed by atoms with Gasteiger partial charge >= 0.3 is 5.97 Å². The van der Waals surface area contributed by atoms with Gasteiger partial charge < -0.3 is 9.72 Å². The Morgan fingerprint density at radius 2 is 2.33 bits per heavy atom. The Morgan fingerprint density at radius 3 is 3.06 bits per heavy atom. The second-order valence-corrected chi connectivity index (χ2v) is 3.68. The molecule has 0 unspecified atom stereocenters. The van der Waals surface area contributed by atoms with Crippen LogP contribution in [0.5, 0.6) is 0 Å². The van der Waals surface area contributed by atoms with Crippen LogP contribution in [-0.2, 0) is 9.53 Å². The topological polar surface area (TPSA) is 65.9 Å². The standard InChI is InChI=1S/C14H12N2O2/c1-2-18-14(17)12(9-15)8-11-5-3-4-10-6-7-16-13(10)11/h3-8,16H,2H2,1H3. The fourth-order valence-electron chi connectivity index (χ4n) is 1.73. The number of hydrogen-bond acceptors (Lipinski definition) is 3. The Morgan fingerprint density at radius 1 is 1.50 bits per heavy atom. The van der Waals surface area contributed by atoms with E-state index in [0.717, 1.165) is 16.5 Å². The number of esters is 1. The number of aromatic amines is 1. The summed E-state index contributed by atoms with van der Waals surface area (Å²) in [5.41, 5.74) is 1.69. The lowest BCUT2D eigenvalue weighted by Crippen LogP contribution is -2.06. The van der Waals surface area contributed by atoms with Gasteiger partial charge in [-0.15, -0.1) is 0 Å². The van der Waals surface area contributed by atoms with E-state index >= 15 is 0 Å². The van der Waals surface area contributed by atoms with Crippen molar-refractivity contribution in [3.05, 3.63) is 41.6 Å². The quantitative estimate of drug-likeness (QED) is 0.509. The molecule has 2 aromatic rings. The molecular formula is C14H12N2O2. The average Bonchev–Trinajstić information content (AvgIpc) is 2.85. The highest BCUT2D eigenvalue weighted by Crippen LogP contribution is 2.19. The number of hydrogen-bond donors (Lipinski definition) is 1. The van der Waals surface area contributed by atoms with Crippen LogP contribution in [0.25, 0.3) is 17.0 Å². The van der Waals surface area contributed by atoms with Crippen LogP contribution in [0.3, 0.4) is 0 Å². The minimum absolute atomic E-state index is 0.000972. The number of ether oxygens (including phenoxy) is 1. The highest BCUT2D eigenvalue weighted by molar-refractivity contribution is 6.00. The van der Waals surface area contributed by atoms with Gasteiger partial charge in [0.1, 0.15) is 11.6 Å². The van der Waals surface area contributed by atoms with Crippen LogP contribution < -0.4 is 0 Å². The molecule has 0 aliphatic heterocycles. The van der Waals surface area contributed by atoms with Crippen molar-refractivity contribution in [2.45, 2.75) is 6.92 Å². The monoisotopic (exact) mass is 240 g/mol. The molecule has 0 saturated heterocycles. The molecule has 0 bridgehead atoms. The van der Waals surface area contributed by atoms with Crippen LogP contribution in [0.15, 0.2) is 36.0 Å². The molecule has 0 saturated carbocycles. The van der Waals surface area contributed by atoms with E-state index < -0.39 is 5.97 Å². The summed E-state index contributed by atoms with van der Waals surface area (Å²) in [6, 6.07) is 9.48. The maximum Gasteiger partial charge on any atom is 0.348 e. The third kappa shape index (κ3) is 2.25. The SMILES string of the molecule is CCOC(=O)C(C#N)=Cc1cccc2cc[nH]c12. The predicted octanol–water partition coefficient (Wildman–Crippen LogP) is 2.64. The summed E-state index contributed by atoms with van der Waals surface area (Å²) in [7, 11) is 0. The molecule has 90 valence electrons. The van der Waals surface area contributed by atoms with Crippen LogP contribution >= 0.6 is 0 Å². The Hall–Kier alpha value is -2.54. The van der Waals surface area contributed by atoms with E-state index in [4.69, 9.17) is 10.00 Å². The van der Waals surface area contributed by atoms with E-state index in [1.807, 2.05) is 36.5 Å². The number of fused-ring (bicyclic) bond motifs is 1. The minimum Gasteiger partial charge on any atom is -0.462 e. The van der Waals surface area contributed by atoms with Gasteiger partial charge in [-0.3, -0.25) is 0 Å². The first-order chi connectivity index (χ1) is 8.76. The lowest BCUT2D eigenvalue weighted by Gasteiger charge is -2.01. The molecule has 0 spiro atoms. The van der Waals surface area contributed by atoms with Gasteiger partial charge in [0.15, 0.2) is 0 Å². The fraction of sp³-hybridized carbons (Fsp3) is 0.143. The summed E-state index contributed by atoms with van der Waals surface area (Å²) in [5.74, 6) is -0.594. The average molecular weight is 240 g/mol. The Balaban J connectivity index is 2.45. The molecule has 0 radical (unpaired) electrons. The van der Waals surface area contributed by atoms with Gasteiger partial charge in [0.05, 0.1) is 12.1 Å². The number of aromatic nitrogens is 1. The number of nitrogens with zero attached hydrogens (tertiary/aromatic N) is 1. The summed E-state index contributed by atoms with van der Waals surface area (Å²) in [6.45, 7) is 1.96. The first kappa shape index (κ1) is 11.9. The number of H-pyrrole nitrogens is 1. The van der Waals surface area contributed by atoms with Crippen molar-refractivity contribution < 1.29 is 9.53 Å². The second kappa shape index (κ2) is 5.19. The zero-order chi connectivity index (χ0) is 13.0. The van der Waals surface area contributed by atoms with E-state index in [1.165, 1.54) is 6.08 Å². The fourth-order valence-corrected chi connectivity index (χ4v) is 1.73. The van der Waals surface area contributed by atoms with Crippen LogP contribution in [0.4, 0.5) is 0 Å². The second-order valence-electron chi connectivity index (χ2n) is 3.68. The van der Waals surface area contributed by atoms with Crippen molar-refractivity contribution in [1.29, 1.82) is 5.26 Å². The van der Waals surface area contributed by atoms with Gasteiger partial charge in [-0.25, -0.2) is 4.79 Å². The number of carbonyl (C=O) groups excluding carboxylic acids is 1. The van der Waals surface area contributed by atoms with Crippen LogP contribution in [-0.4, -0.2) is 17.6 Å². The van der Waals surface area contributed by atoms with Crippen LogP contribution in [0.1, 0.15) is 12.5 Å². The van der Waals surface area contributed by atoms with Gasteiger partial charge in [-0.2, -0.15) is 5.26 Å². The molecule has 0 atom stereocenters. The van der Waals surface area contributed by atoms with Gasteiger partial charge in [0, 0.05) is 11.8 Å². The molecule has 18 heavy (non-hydrogen) atoms. The van der Waals surface area contributed by atoms with E-state index in [9.17, 15) is 4.79 Å². The summed E-state index contributed by atoms with van der Waals surface area (Å²) in [4.78, 5) is 14.6. The number of para-hydroxylation sites is 1. The predicted molar refractivity (Wildman–Crippen MR) is 68.5 cm³/mol. The Kier molecular flexibility index (Phi) is 3.44. The highest BCUT2D eigenvalue weighted by Gasteiger charge is 2.10. The first-order valence-electron chi connectivity index (χ1n) is 5.61. The summed E-state index contributed by atoms with van der Waals surface area (Å²) < 4.78 is 4.82. The van der Waals surface area contributed by atoms with Crippen molar-refractivity contribution >= 4 is 22.9 Å². The summed E-state index contributed by atoms with van der Waals surface area (Å²) >= 11 is 0. The van der Waals surface area contributed by atoms with Crippen molar-refractivity contribution in [3.8, 4) is 6.07 Å². The van der Waals surface area contributed by atoms with Crippen LogP contribution in [0, 0.1) is 11.3 Å². The van der Waals surface area contributed by atoms with Gasteiger partial charge in [-0.1, -0.05) is 18.2 Å². The highest BCUT2D eigenvalue weighted by atomic mass is 16.5. The molecule has 0 amide bonds. The molecule has 1 heterocycles. The summed E-state index contributed by atoms with van der Waals surface area (Å²) in [6.07, 6.45) is 3.36. The van der Waals surface area contributed by atoms with E-state index in [2.05, 4.69) is 4.98 Å². The number of benzene rings is 1. The lowest BCUT2D eigenvalue weighted by atomic mass is 10.1. The number of nitriles is 1. The smallest absolute Gasteiger partial charge is 0.348 e. The molecule has 1 aromatic carbocycles. The minimum atomic E-state index is -0.594. The lowest BCUT2D eigenvalue weighted by molar-refractivity contribution is -0.137. The number of nitrogens with one attached hydrogen (secondary N) is 1. The van der Waals surface area contributed by atoms with Gasteiger partial charge in [0.2, 0.25) is 0 Å². The molecule has 0 fully saturated rings. The maximum absolute atomic E-state index is 11.5. The zero-order valence-corrected chi connectivity index (χ0v) is 9.93. The third-order valence-electron chi connectivity index (χ3n) is 2.54. The van der Waals surface area contributed by atoms with Crippen molar-refractivity contribution in [2.75, 3.05) is 6.61 Å². The molecule has 0 aliphatic carbocycles. The molecular weight excluding hydrogens is 228 g/mol. The third-order valence-corrected chi connectivity index (χ3v) is 2.54. The van der Waals surface area contributed by atoms with E-state index in [-0.39, 0.29) is 12.2 Å². The zero-order valence-electron chi connectivity index (χ0n) is 9.93. The molecule has 1 N–H and O–H groups in total. The maximum atomic E-state index is 11.5. The number of rotatable bonds is 3. The number of carbonyl (C=O) groups is 1. The Labute approximate surface area is 104 Å². The molecule has 2 rings (SSSR count). The van der Waals surface area contributed by atoms with Crippen molar-refractivity contribution in [2.24, 2.45) is 0 Å². The Bertz CT molecular complexity index is 647. The molecule has 0 aliphatic rings. The normalized spacial score (nSPS) is 11.2. The molecule has 1 aromatic heterocycles. The van der Waals surface area contributed by atoms with Crippen molar-refractivity contribution in [1.82, 2.24) is 4.98 Å². The van der Waals surface area contributed by atoms with Gasteiger partial charge in [-0.05, 0) is 24.5 Å². The largest absolute Gasteiger partial charge is 0.462 e. The van der Waals surface area contributed by atoms with E-state index in [1.54, 1.807) is 6.92 Å². The van der Waals surface area contributed by atoms with E-state index in [0.29, 0.717) is 0 Å². The van der Waals surface area contributed by atoms with Crippen molar-refractivity contribution in [3.63, 3.8) is 0 Å². The van der Waals surface area contributed by atoms with Gasteiger partial charge in [0.25, 0.3) is 0 Å². The van der Waals surface area contributed by atoms with Crippen LogP contribution in [0.2, 0.25) is 0 Å². The first-order valence-corrected chi connectivity index (χ1v) is 5.61. The summed E-state index contributed by atoms with van der Waals surface area (Å²) in [5, 5.41) is 10.0. The molecule has 4 nitrogen and oxygen atoms in total.